The molecule has 4 rings (SSSR count). The maximum atomic E-state index is 11.2. The van der Waals surface area contributed by atoms with E-state index in [1.807, 2.05) is 0 Å². The van der Waals surface area contributed by atoms with Gasteiger partial charge in [0.1, 0.15) is 42.7 Å². The van der Waals surface area contributed by atoms with Gasteiger partial charge in [0.15, 0.2) is 18.9 Å². The molecule has 16 N–H and O–H groups in total. The molecule has 3 heterocycles. The SMILES string of the molecule is [B]C1C(O)[C@H](O)C(CO)O[C@@H]1O[C@@H]1C(N)C[C@@H](N)C(O)C1O[C@@H]1O[C@H](CO)[C@H](O[C@H]2OC(CN)[C@@H](O)C(CO)C2N)[C@@H]1O. The van der Waals surface area contributed by atoms with Gasteiger partial charge in [-0.1, -0.05) is 0 Å². The van der Waals surface area contributed by atoms with Crippen molar-refractivity contribution >= 4 is 7.85 Å². The first-order valence-electron chi connectivity index (χ1n) is 14.3. The Morgan fingerprint density at radius 2 is 1.19 bits per heavy atom. The summed E-state index contributed by atoms with van der Waals surface area (Å²) >= 11 is 0. The maximum absolute atomic E-state index is 11.2. The molecule has 0 aromatic rings. The van der Waals surface area contributed by atoms with Gasteiger partial charge in [-0.25, -0.2) is 0 Å². The Labute approximate surface area is 249 Å². The summed E-state index contributed by atoms with van der Waals surface area (Å²) < 4.78 is 34.7. The van der Waals surface area contributed by atoms with Crippen LogP contribution < -0.4 is 22.9 Å². The second-order valence-corrected chi connectivity index (χ2v) is 11.5. The molecular formula is C24H45BN4O14. The van der Waals surface area contributed by atoms with Crippen molar-refractivity contribution in [3.05, 3.63) is 0 Å². The minimum atomic E-state index is -1.60. The van der Waals surface area contributed by atoms with E-state index in [1.165, 1.54) is 0 Å². The van der Waals surface area contributed by atoms with Crippen LogP contribution in [0.25, 0.3) is 0 Å². The molecule has 4 aliphatic rings. The van der Waals surface area contributed by atoms with Crippen molar-refractivity contribution in [2.75, 3.05) is 26.4 Å². The zero-order valence-corrected chi connectivity index (χ0v) is 23.4. The third-order valence-corrected chi connectivity index (χ3v) is 8.72. The van der Waals surface area contributed by atoms with Gasteiger partial charge in [-0.3, -0.25) is 0 Å². The summed E-state index contributed by atoms with van der Waals surface area (Å²) in [4.78, 5) is 0. The summed E-state index contributed by atoms with van der Waals surface area (Å²) in [6.07, 6.45) is -18.5. The van der Waals surface area contributed by atoms with Gasteiger partial charge in [-0.05, 0) is 6.42 Å². The molecule has 1 aliphatic carbocycles. The van der Waals surface area contributed by atoms with Crippen LogP contribution >= 0.6 is 0 Å². The molecule has 0 amide bonds. The molecule has 0 spiro atoms. The molecule has 4 fully saturated rings. The summed E-state index contributed by atoms with van der Waals surface area (Å²) in [5.74, 6) is -2.13. The van der Waals surface area contributed by atoms with Crippen molar-refractivity contribution in [3.8, 4) is 0 Å². The minimum absolute atomic E-state index is 0.0679. The molecule has 2 radical (unpaired) electrons. The van der Waals surface area contributed by atoms with Crippen molar-refractivity contribution in [3.63, 3.8) is 0 Å². The largest absolute Gasteiger partial charge is 0.396 e. The number of aliphatic hydroxyl groups is 8. The first kappa shape index (κ1) is 35.2. The van der Waals surface area contributed by atoms with Crippen LogP contribution in [0.5, 0.6) is 0 Å². The summed E-state index contributed by atoms with van der Waals surface area (Å²) in [7, 11) is 6.01. The first-order valence-corrected chi connectivity index (χ1v) is 14.3. The van der Waals surface area contributed by atoms with Crippen molar-refractivity contribution in [1.82, 2.24) is 0 Å². The molecule has 0 aromatic carbocycles. The normalized spacial score (nSPS) is 52.8. The molecule has 1 saturated carbocycles. The number of hydrogen-bond acceptors (Lipinski definition) is 18. The fourth-order valence-corrected chi connectivity index (χ4v) is 6.03. The average molecular weight is 624 g/mol. The average Bonchev–Trinajstić information content (AvgIpc) is 3.28. The molecule has 0 aromatic heterocycles. The van der Waals surface area contributed by atoms with Crippen molar-refractivity contribution in [2.24, 2.45) is 28.9 Å². The van der Waals surface area contributed by atoms with Crippen molar-refractivity contribution < 1.29 is 69.3 Å². The van der Waals surface area contributed by atoms with E-state index in [9.17, 15) is 40.9 Å². The molecule has 18 nitrogen and oxygen atoms in total. The topological polar surface area (TPSA) is 321 Å². The van der Waals surface area contributed by atoms with Gasteiger partial charge in [-0.2, -0.15) is 0 Å². The molecule has 3 saturated heterocycles. The standard InChI is InChI=1S/C24H45BN4O14/c25-12-17(36)16(35)10(4-31)39-22(12)41-19-8(28)1-7(27)15(34)21(19)43-24-18(37)20(11(5-32)40-24)42-23-13(29)6(3-30)14(33)9(2-26)38-23/h6-24,30-37H,1-5,26-29H2/t6?,7-,8?,9?,10?,11-,12?,13?,14+,15?,16-,17?,18+,19-,20+,21?,22-,23-,24+/m1/s1. The fourth-order valence-electron chi connectivity index (χ4n) is 6.03. The Morgan fingerprint density at radius 1 is 0.605 bits per heavy atom. The lowest BCUT2D eigenvalue weighted by molar-refractivity contribution is -0.305. The van der Waals surface area contributed by atoms with E-state index in [2.05, 4.69) is 0 Å². The summed E-state index contributed by atoms with van der Waals surface area (Å²) in [6.45, 7) is -1.91. The number of hydrogen-bond donors (Lipinski definition) is 12. The highest BCUT2D eigenvalue weighted by molar-refractivity contribution is 6.12. The molecule has 0 bridgehead atoms. The molecular weight excluding hydrogens is 579 g/mol. The lowest BCUT2D eigenvalue weighted by Crippen LogP contribution is -2.65. The fraction of sp³-hybridized carbons (Fsp3) is 1.00. The Bertz CT molecular complexity index is 888. The number of nitrogens with two attached hydrogens (primary N) is 4. The highest BCUT2D eigenvalue weighted by Gasteiger charge is 2.54. The number of aliphatic hydroxyl groups excluding tert-OH is 8. The summed E-state index contributed by atoms with van der Waals surface area (Å²) in [5.41, 5.74) is 24.2. The van der Waals surface area contributed by atoms with E-state index in [1.54, 1.807) is 0 Å². The maximum Gasteiger partial charge on any atom is 0.187 e. The molecule has 248 valence electrons. The Balaban J connectivity index is 1.50. The number of rotatable bonds is 10. The van der Waals surface area contributed by atoms with E-state index in [0.717, 1.165) is 0 Å². The zero-order chi connectivity index (χ0) is 31.7. The molecule has 9 unspecified atom stereocenters. The molecule has 43 heavy (non-hydrogen) atoms. The third kappa shape index (κ3) is 7.04. The van der Waals surface area contributed by atoms with Crippen LogP contribution in [-0.4, -0.2) is 179 Å². The van der Waals surface area contributed by atoms with Crippen LogP contribution in [0, 0.1) is 5.92 Å². The van der Waals surface area contributed by atoms with Crippen molar-refractivity contribution in [2.45, 2.75) is 116 Å². The molecule has 3 aliphatic heterocycles. The van der Waals surface area contributed by atoms with Gasteiger partial charge in [0.2, 0.25) is 0 Å². The number of ether oxygens (including phenoxy) is 6. The summed E-state index contributed by atoms with van der Waals surface area (Å²) in [5, 5.41) is 82.3. The van der Waals surface area contributed by atoms with Crippen LogP contribution in [-0.2, 0) is 28.4 Å². The van der Waals surface area contributed by atoms with Gasteiger partial charge in [-0.15, -0.1) is 0 Å². The van der Waals surface area contributed by atoms with E-state index in [-0.39, 0.29) is 13.0 Å². The monoisotopic (exact) mass is 624 g/mol. The second-order valence-electron chi connectivity index (χ2n) is 11.5. The van der Waals surface area contributed by atoms with Gasteiger partial charge in [0.05, 0.1) is 58.1 Å². The van der Waals surface area contributed by atoms with Gasteiger partial charge < -0.3 is 92.2 Å². The molecule has 19 heteroatoms. The highest BCUT2D eigenvalue weighted by Crippen LogP contribution is 2.36. The predicted octanol–water partition coefficient (Wildman–Crippen LogP) is -7.98. The van der Waals surface area contributed by atoms with E-state index >= 15 is 0 Å². The highest BCUT2D eigenvalue weighted by atomic mass is 16.8. The Kier molecular flexibility index (Phi) is 12.1. The van der Waals surface area contributed by atoms with E-state index in [0.29, 0.717) is 0 Å². The van der Waals surface area contributed by atoms with E-state index < -0.39 is 136 Å². The predicted molar refractivity (Wildman–Crippen MR) is 142 cm³/mol. The smallest absolute Gasteiger partial charge is 0.187 e. The lowest BCUT2D eigenvalue weighted by Gasteiger charge is -2.47. The Morgan fingerprint density at radius 3 is 1.79 bits per heavy atom. The van der Waals surface area contributed by atoms with Gasteiger partial charge in [0.25, 0.3) is 0 Å². The summed E-state index contributed by atoms with van der Waals surface area (Å²) in [6, 6.07) is -2.81. The van der Waals surface area contributed by atoms with Crippen LogP contribution in [0.1, 0.15) is 6.42 Å². The van der Waals surface area contributed by atoms with Crippen LogP contribution in [0.15, 0.2) is 0 Å². The quantitative estimate of drug-likeness (QED) is 0.100. The van der Waals surface area contributed by atoms with Crippen LogP contribution in [0.4, 0.5) is 0 Å². The minimum Gasteiger partial charge on any atom is -0.396 e. The zero-order valence-electron chi connectivity index (χ0n) is 23.4. The van der Waals surface area contributed by atoms with Gasteiger partial charge >= 0.3 is 0 Å². The second kappa shape index (κ2) is 14.8. The van der Waals surface area contributed by atoms with Crippen LogP contribution in [0.2, 0.25) is 5.82 Å². The first-order chi connectivity index (χ1) is 20.4. The Hall–Kier alpha value is -0.655. The molecule has 19 atom stereocenters. The van der Waals surface area contributed by atoms with E-state index in [4.69, 9.17) is 59.2 Å². The third-order valence-electron chi connectivity index (χ3n) is 8.72. The van der Waals surface area contributed by atoms with Crippen LogP contribution in [0.3, 0.4) is 0 Å². The van der Waals surface area contributed by atoms with Crippen molar-refractivity contribution in [1.29, 1.82) is 0 Å². The lowest BCUT2D eigenvalue weighted by atomic mass is 9.76. The van der Waals surface area contributed by atoms with Gasteiger partial charge in [0, 0.05) is 30.4 Å².